The topological polar surface area (TPSA) is 89.9 Å². The zero-order valence-corrected chi connectivity index (χ0v) is 9.77. The van der Waals surface area contributed by atoms with E-state index in [2.05, 4.69) is 5.32 Å². The van der Waals surface area contributed by atoms with E-state index in [0.29, 0.717) is 25.9 Å². The third kappa shape index (κ3) is 8.05. The molecule has 0 fully saturated rings. The van der Waals surface area contributed by atoms with Gasteiger partial charge in [0, 0.05) is 26.6 Å². The highest BCUT2D eigenvalue weighted by molar-refractivity contribution is 5.73. The van der Waals surface area contributed by atoms with Gasteiger partial charge in [-0.1, -0.05) is 0 Å². The highest BCUT2D eigenvalue weighted by atomic mass is 16.4. The predicted molar refractivity (Wildman–Crippen MR) is 59.2 cm³/mol. The number of aliphatic hydroxyl groups is 1. The van der Waals surface area contributed by atoms with Gasteiger partial charge in [-0.2, -0.15) is 0 Å². The van der Waals surface area contributed by atoms with Crippen LogP contribution in [0, 0.1) is 0 Å². The summed E-state index contributed by atoms with van der Waals surface area (Å²) in [6.07, 6.45) is 0.574. The van der Waals surface area contributed by atoms with Crippen LogP contribution in [0.3, 0.4) is 0 Å². The Morgan fingerprint density at radius 3 is 2.56 bits per heavy atom. The quantitative estimate of drug-likeness (QED) is 0.549. The normalized spacial score (nSPS) is 11.9. The summed E-state index contributed by atoms with van der Waals surface area (Å²) in [7, 11) is 1.63. The molecule has 6 heteroatoms. The Morgan fingerprint density at radius 1 is 1.44 bits per heavy atom. The molecule has 0 saturated carbocycles. The van der Waals surface area contributed by atoms with E-state index in [4.69, 9.17) is 10.2 Å². The Morgan fingerprint density at radius 2 is 2.06 bits per heavy atom. The molecule has 1 atom stereocenters. The van der Waals surface area contributed by atoms with E-state index >= 15 is 0 Å². The Kier molecular flexibility index (Phi) is 7.28. The fraction of sp³-hybridized carbons (Fsp3) is 0.800. The lowest BCUT2D eigenvalue weighted by molar-refractivity contribution is -0.137. The average Bonchev–Trinajstić information content (AvgIpc) is 2.20. The van der Waals surface area contributed by atoms with Gasteiger partial charge in [-0.3, -0.25) is 4.79 Å². The summed E-state index contributed by atoms with van der Waals surface area (Å²) in [6, 6.07) is -0.244. The van der Waals surface area contributed by atoms with Gasteiger partial charge < -0.3 is 20.4 Å². The number of urea groups is 1. The van der Waals surface area contributed by atoms with Crippen LogP contribution < -0.4 is 5.32 Å². The minimum Gasteiger partial charge on any atom is -0.481 e. The predicted octanol–water partition coefficient (Wildman–Crippen LogP) is 0.263. The molecule has 0 saturated heterocycles. The first-order chi connectivity index (χ1) is 7.43. The maximum Gasteiger partial charge on any atom is 0.317 e. The maximum absolute atomic E-state index is 11.4. The summed E-state index contributed by atoms with van der Waals surface area (Å²) in [5, 5.41) is 20.0. The van der Waals surface area contributed by atoms with Gasteiger partial charge in [0.2, 0.25) is 0 Å². The Labute approximate surface area is 95.2 Å². The number of aliphatic hydroxyl groups excluding tert-OH is 1. The molecule has 0 aliphatic heterocycles. The van der Waals surface area contributed by atoms with Gasteiger partial charge in [0.1, 0.15) is 0 Å². The molecular weight excluding hydrogens is 212 g/mol. The van der Waals surface area contributed by atoms with Gasteiger partial charge >= 0.3 is 12.0 Å². The van der Waals surface area contributed by atoms with Crippen LogP contribution >= 0.6 is 0 Å². The highest BCUT2D eigenvalue weighted by Crippen LogP contribution is 1.94. The van der Waals surface area contributed by atoms with Crippen molar-refractivity contribution in [2.45, 2.75) is 32.3 Å². The number of carbonyl (C=O) groups excluding carboxylic acids is 1. The third-order valence-corrected chi connectivity index (χ3v) is 2.07. The van der Waals surface area contributed by atoms with Crippen LogP contribution in [0.5, 0.6) is 0 Å². The summed E-state index contributed by atoms with van der Waals surface area (Å²) < 4.78 is 0. The Hall–Kier alpha value is -1.30. The number of amides is 2. The fourth-order valence-electron chi connectivity index (χ4n) is 1.05. The smallest absolute Gasteiger partial charge is 0.317 e. The molecule has 0 bridgehead atoms. The van der Waals surface area contributed by atoms with E-state index in [9.17, 15) is 9.59 Å². The fourth-order valence-corrected chi connectivity index (χ4v) is 1.05. The first-order valence-electron chi connectivity index (χ1n) is 5.32. The highest BCUT2D eigenvalue weighted by Gasteiger charge is 2.08. The van der Waals surface area contributed by atoms with Crippen LogP contribution in [0.15, 0.2) is 0 Å². The molecule has 0 radical (unpaired) electrons. The van der Waals surface area contributed by atoms with Crippen molar-refractivity contribution < 1.29 is 19.8 Å². The Balaban J connectivity index is 3.59. The third-order valence-electron chi connectivity index (χ3n) is 2.07. The monoisotopic (exact) mass is 232 g/mol. The number of carboxylic acids is 1. The van der Waals surface area contributed by atoms with E-state index in [1.54, 1.807) is 14.0 Å². The lowest BCUT2D eigenvalue weighted by Crippen LogP contribution is -2.39. The minimum atomic E-state index is -0.864. The number of carboxylic acid groups (broad SMARTS) is 1. The van der Waals surface area contributed by atoms with Crippen molar-refractivity contribution in [3.8, 4) is 0 Å². The standard InChI is InChI=1S/C10H20N2O4/c1-8(13)5-7-12(2)10(16)11-6-3-4-9(14)15/h8,13H,3-7H2,1-2H3,(H,11,16)(H,14,15). The molecule has 0 aromatic heterocycles. The molecule has 0 heterocycles. The van der Waals surface area contributed by atoms with Gasteiger partial charge in [-0.15, -0.1) is 0 Å². The van der Waals surface area contributed by atoms with Crippen molar-refractivity contribution >= 4 is 12.0 Å². The first-order valence-corrected chi connectivity index (χ1v) is 5.32. The van der Waals surface area contributed by atoms with E-state index in [1.165, 1.54) is 4.90 Å². The number of aliphatic carboxylic acids is 1. The zero-order valence-electron chi connectivity index (χ0n) is 9.77. The summed E-state index contributed by atoms with van der Waals surface area (Å²) in [4.78, 5) is 23.1. The molecule has 0 aromatic rings. The minimum absolute atomic E-state index is 0.0532. The molecule has 0 spiro atoms. The number of carbonyl (C=O) groups is 2. The number of hydrogen-bond acceptors (Lipinski definition) is 3. The van der Waals surface area contributed by atoms with Crippen molar-refractivity contribution in [2.75, 3.05) is 20.1 Å². The molecule has 0 aromatic carbocycles. The molecule has 0 rings (SSSR count). The molecule has 3 N–H and O–H groups in total. The maximum atomic E-state index is 11.4. The average molecular weight is 232 g/mol. The van der Waals surface area contributed by atoms with Crippen molar-refractivity contribution in [1.29, 1.82) is 0 Å². The second-order valence-corrected chi connectivity index (χ2v) is 3.79. The molecule has 2 amide bonds. The second kappa shape index (κ2) is 7.92. The van der Waals surface area contributed by atoms with Crippen LogP contribution in [0.4, 0.5) is 4.79 Å². The van der Waals surface area contributed by atoms with Crippen molar-refractivity contribution in [2.24, 2.45) is 0 Å². The Bertz CT molecular complexity index is 231. The van der Waals surface area contributed by atoms with Crippen LogP contribution in [0.2, 0.25) is 0 Å². The lowest BCUT2D eigenvalue weighted by Gasteiger charge is -2.18. The van der Waals surface area contributed by atoms with Gasteiger partial charge in [-0.25, -0.2) is 4.79 Å². The van der Waals surface area contributed by atoms with E-state index < -0.39 is 12.1 Å². The first kappa shape index (κ1) is 14.7. The number of hydrogen-bond donors (Lipinski definition) is 3. The van der Waals surface area contributed by atoms with Gasteiger partial charge in [0.15, 0.2) is 0 Å². The molecule has 0 aliphatic carbocycles. The summed E-state index contributed by atoms with van der Waals surface area (Å²) in [6.45, 7) is 2.49. The van der Waals surface area contributed by atoms with Crippen LogP contribution in [-0.2, 0) is 4.79 Å². The summed E-state index contributed by atoms with van der Waals surface area (Å²) >= 11 is 0. The lowest BCUT2D eigenvalue weighted by atomic mass is 10.3. The molecule has 16 heavy (non-hydrogen) atoms. The zero-order chi connectivity index (χ0) is 12.6. The second-order valence-electron chi connectivity index (χ2n) is 3.79. The van der Waals surface area contributed by atoms with Crippen molar-refractivity contribution in [3.05, 3.63) is 0 Å². The molecule has 94 valence electrons. The van der Waals surface area contributed by atoms with E-state index in [1.807, 2.05) is 0 Å². The van der Waals surface area contributed by atoms with Gasteiger partial charge in [0.25, 0.3) is 0 Å². The number of nitrogens with one attached hydrogen (secondary N) is 1. The van der Waals surface area contributed by atoms with Crippen LogP contribution in [0.25, 0.3) is 0 Å². The molecule has 0 aliphatic rings. The van der Waals surface area contributed by atoms with Gasteiger partial charge in [-0.05, 0) is 19.8 Å². The summed E-state index contributed by atoms with van der Waals surface area (Å²) in [5.74, 6) is -0.864. The van der Waals surface area contributed by atoms with Crippen molar-refractivity contribution in [1.82, 2.24) is 10.2 Å². The van der Waals surface area contributed by atoms with Gasteiger partial charge in [0.05, 0.1) is 6.10 Å². The summed E-state index contributed by atoms with van der Waals surface area (Å²) in [5.41, 5.74) is 0. The molecular formula is C10H20N2O4. The van der Waals surface area contributed by atoms with E-state index in [0.717, 1.165) is 0 Å². The number of rotatable bonds is 7. The van der Waals surface area contributed by atoms with Crippen LogP contribution in [-0.4, -0.2) is 53.4 Å². The van der Waals surface area contributed by atoms with Crippen LogP contribution in [0.1, 0.15) is 26.2 Å². The number of nitrogens with zero attached hydrogens (tertiary/aromatic N) is 1. The van der Waals surface area contributed by atoms with E-state index in [-0.39, 0.29) is 12.5 Å². The molecule has 6 nitrogen and oxygen atoms in total. The largest absolute Gasteiger partial charge is 0.481 e. The molecule has 1 unspecified atom stereocenters. The SMILES string of the molecule is CC(O)CCN(C)C(=O)NCCCC(=O)O. The van der Waals surface area contributed by atoms with Crippen molar-refractivity contribution in [3.63, 3.8) is 0 Å².